The number of carbonyl (C=O) groups is 2. The summed E-state index contributed by atoms with van der Waals surface area (Å²) in [5, 5.41) is 5.12. The van der Waals surface area contributed by atoms with Gasteiger partial charge in [-0.05, 0) is 80.4 Å². The lowest BCUT2D eigenvalue weighted by Gasteiger charge is -2.38. The SMILES string of the molecule is COC(=O)CCC(CC(=O)N(C)c1ccc(C)cc1Cl)c1noc(C2CC(CC(C)(C)C)C2)c1C1CC1. The van der Waals surface area contributed by atoms with Crippen LogP contribution < -0.4 is 4.90 Å². The number of ether oxygens (including phenoxy) is 1. The number of esters is 1. The molecular formula is C30H41ClN2O4. The Morgan fingerprint density at radius 3 is 2.51 bits per heavy atom. The molecule has 2 aliphatic carbocycles. The van der Waals surface area contributed by atoms with Crippen molar-refractivity contribution in [2.75, 3.05) is 19.1 Å². The zero-order valence-corrected chi connectivity index (χ0v) is 23.9. The third-order valence-electron chi connectivity index (χ3n) is 7.85. The van der Waals surface area contributed by atoms with Gasteiger partial charge in [0.2, 0.25) is 5.91 Å². The normalized spacial score (nSPS) is 20.3. The van der Waals surface area contributed by atoms with Gasteiger partial charge in [-0.1, -0.05) is 43.6 Å². The molecule has 2 fully saturated rings. The lowest BCUT2D eigenvalue weighted by atomic mass is 9.66. The van der Waals surface area contributed by atoms with E-state index < -0.39 is 0 Å². The summed E-state index contributed by atoms with van der Waals surface area (Å²) in [5.41, 5.74) is 4.10. The van der Waals surface area contributed by atoms with Crippen LogP contribution in [-0.2, 0) is 14.3 Å². The zero-order chi connectivity index (χ0) is 26.9. The highest BCUT2D eigenvalue weighted by Crippen LogP contribution is 2.53. The summed E-state index contributed by atoms with van der Waals surface area (Å²) < 4.78 is 10.9. The Morgan fingerprint density at radius 1 is 1.22 bits per heavy atom. The van der Waals surface area contributed by atoms with Gasteiger partial charge in [0.15, 0.2) is 0 Å². The van der Waals surface area contributed by atoms with E-state index in [0.717, 1.165) is 48.6 Å². The first kappa shape index (κ1) is 27.7. The van der Waals surface area contributed by atoms with Gasteiger partial charge in [0.05, 0.1) is 23.5 Å². The molecule has 1 atom stereocenters. The van der Waals surface area contributed by atoms with E-state index in [2.05, 4.69) is 25.9 Å². The first-order valence-corrected chi connectivity index (χ1v) is 13.9. The average molecular weight is 529 g/mol. The molecule has 0 radical (unpaired) electrons. The van der Waals surface area contributed by atoms with Gasteiger partial charge >= 0.3 is 5.97 Å². The number of carbonyl (C=O) groups excluding carboxylic acids is 2. The van der Waals surface area contributed by atoms with E-state index in [9.17, 15) is 9.59 Å². The van der Waals surface area contributed by atoms with Crippen LogP contribution in [0.3, 0.4) is 0 Å². The molecule has 2 aliphatic rings. The van der Waals surface area contributed by atoms with E-state index >= 15 is 0 Å². The van der Waals surface area contributed by atoms with Gasteiger partial charge in [0.25, 0.3) is 0 Å². The van der Waals surface area contributed by atoms with Gasteiger partial charge < -0.3 is 14.2 Å². The molecule has 0 bridgehead atoms. The van der Waals surface area contributed by atoms with Crippen LogP contribution in [0.5, 0.6) is 0 Å². The number of nitrogens with zero attached hydrogens (tertiary/aromatic N) is 2. The fourth-order valence-corrected chi connectivity index (χ4v) is 6.13. The molecule has 6 nitrogen and oxygen atoms in total. The molecule has 0 saturated heterocycles. The molecule has 4 rings (SSSR count). The minimum atomic E-state index is -0.284. The molecule has 1 amide bonds. The number of rotatable bonds is 10. The predicted molar refractivity (Wildman–Crippen MR) is 146 cm³/mol. The van der Waals surface area contributed by atoms with Crippen molar-refractivity contribution in [1.29, 1.82) is 0 Å². The van der Waals surface area contributed by atoms with Gasteiger partial charge in [-0.3, -0.25) is 9.59 Å². The van der Waals surface area contributed by atoms with E-state index in [1.54, 1.807) is 11.9 Å². The van der Waals surface area contributed by atoms with Gasteiger partial charge in [-0.25, -0.2) is 0 Å². The summed E-state index contributed by atoms with van der Waals surface area (Å²) in [5.74, 6) is 2.00. The number of halogens is 1. The van der Waals surface area contributed by atoms with E-state index in [1.165, 1.54) is 19.1 Å². The molecular weight excluding hydrogens is 488 g/mol. The Balaban J connectivity index is 1.55. The largest absolute Gasteiger partial charge is 0.469 e. The maximum absolute atomic E-state index is 13.5. The second-order valence-corrected chi connectivity index (χ2v) is 12.7. The second-order valence-electron chi connectivity index (χ2n) is 12.3. The molecule has 2 saturated carbocycles. The van der Waals surface area contributed by atoms with Crippen LogP contribution in [0.15, 0.2) is 22.7 Å². The Kier molecular flexibility index (Phi) is 8.37. The average Bonchev–Trinajstić information content (AvgIpc) is 3.55. The number of anilines is 1. The topological polar surface area (TPSA) is 72.6 Å². The first-order valence-electron chi connectivity index (χ1n) is 13.6. The van der Waals surface area contributed by atoms with Gasteiger partial charge in [-0.15, -0.1) is 0 Å². The van der Waals surface area contributed by atoms with E-state index in [4.69, 9.17) is 20.9 Å². The number of amides is 1. The molecule has 1 aromatic carbocycles. The summed E-state index contributed by atoms with van der Waals surface area (Å²) >= 11 is 6.45. The van der Waals surface area contributed by atoms with Crippen molar-refractivity contribution < 1.29 is 18.8 Å². The summed E-state index contributed by atoms with van der Waals surface area (Å²) in [7, 11) is 3.14. The minimum Gasteiger partial charge on any atom is -0.469 e. The molecule has 0 aliphatic heterocycles. The lowest BCUT2D eigenvalue weighted by Crippen LogP contribution is -2.28. The quantitative estimate of drug-likeness (QED) is 0.298. The molecule has 202 valence electrons. The Morgan fingerprint density at radius 2 is 1.92 bits per heavy atom. The van der Waals surface area contributed by atoms with E-state index in [0.29, 0.717) is 34.4 Å². The highest BCUT2D eigenvalue weighted by atomic mass is 35.5. The van der Waals surface area contributed by atoms with Crippen LogP contribution in [0, 0.1) is 18.3 Å². The third kappa shape index (κ3) is 6.76. The number of hydrogen-bond donors (Lipinski definition) is 0. The van der Waals surface area contributed by atoms with Crippen molar-refractivity contribution in [3.05, 3.63) is 45.8 Å². The lowest BCUT2D eigenvalue weighted by molar-refractivity contribution is -0.141. The molecule has 2 aromatic rings. The van der Waals surface area contributed by atoms with Gasteiger partial charge in [0, 0.05) is 37.3 Å². The van der Waals surface area contributed by atoms with Crippen LogP contribution in [0.1, 0.15) is 112 Å². The minimum absolute atomic E-state index is 0.0687. The Bertz CT molecular complexity index is 1130. The van der Waals surface area contributed by atoms with E-state index in [1.807, 2.05) is 25.1 Å². The smallest absolute Gasteiger partial charge is 0.305 e. The van der Waals surface area contributed by atoms with Crippen molar-refractivity contribution in [3.63, 3.8) is 0 Å². The number of aromatic nitrogens is 1. The van der Waals surface area contributed by atoms with Crippen LogP contribution >= 0.6 is 11.6 Å². The van der Waals surface area contributed by atoms with E-state index in [-0.39, 0.29) is 30.6 Å². The standard InChI is InChI=1S/C30H41ClN2O4/c1-18-7-11-24(23(31)13-18)33(5)25(34)16-21(10-12-26(35)36-6)28-27(20-8-9-20)29(37-32-28)22-14-19(15-22)17-30(2,3)4/h7,11,13,19-22H,8-10,12,14-17H2,1-6H3. The predicted octanol–water partition coefficient (Wildman–Crippen LogP) is 7.53. The maximum Gasteiger partial charge on any atom is 0.305 e. The van der Waals surface area contributed by atoms with Crippen LogP contribution in [0.4, 0.5) is 5.69 Å². The van der Waals surface area contributed by atoms with Crippen molar-refractivity contribution in [2.24, 2.45) is 11.3 Å². The zero-order valence-electron chi connectivity index (χ0n) is 23.1. The fraction of sp³-hybridized carbons (Fsp3) is 0.633. The molecule has 7 heteroatoms. The Labute approximate surface area is 226 Å². The molecule has 37 heavy (non-hydrogen) atoms. The molecule has 1 aromatic heterocycles. The summed E-state index contributed by atoms with van der Waals surface area (Å²) in [6, 6.07) is 5.67. The molecule has 0 N–H and O–H groups in total. The number of methoxy groups -OCH3 is 1. The van der Waals surface area contributed by atoms with Crippen molar-refractivity contribution in [3.8, 4) is 0 Å². The van der Waals surface area contributed by atoms with Gasteiger partial charge in [-0.2, -0.15) is 0 Å². The van der Waals surface area contributed by atoms with Crippen molar-refractivity contribution >= 4 is 29.2 Å². The monoisotopic (exact) mass is 528 g/mol. The summed E-state index contributed by atoms with van der Waals surface area (Å²) in [4.78, 5) is 27.1. The maximum atomic E-state index is 13.5. The fourth-order valence-electron chi connectivity index (χ4n) is 5.77. The Hall–Kier alpha value is -2.34. The van der Waals surface area contributed by atoms with Crippen molar-refractivity contribution in [1.82, 2.24) is 5.16 Å². The number of aryl methyl sites for hydroxylation is 1. The second kappa shape index (κ2) is 11.2. The molecule has 0 spiro atoms. The summed E-state index contributed by atoms with van der Waals surface area (Å²) in [6.07, 6.45) is 6.65. The van der Waals surface area contributed by atoms with Crippen LogP contribution in [0.2, 0.25) is 5.02 Å². The number of benzene rings is 1. The molecule has 1 unspecified atom stereocenters. The first-order chi connectivity index (χ1) is 17.5. The highest BCUT2D eigenvalue weighted by molar-refractivity contribution is 6.33. The molecule has 1 heterocycles. The third-order valence-corrected chi connectivity index (χ3v) is 8.15. The van der Waals surface area contributed by atoms with Gasteiger partial charge in [0.1, 0.15) is 5.76 Å². The van der Waals surface area contributed by atoms with Crippen LogP contribution in [-0.4, -0.2) is 31.2 Å². The van der Waals surface area contributed by atoms with Crippen LogP contribution in [0.25, 0.3) is 0 Å². The summed E-state index contributed by atoms with van der Waals surface area (Å²) in [6.45, 7) is 8.86. The number of hydrogen-bond acceptors (Lipinski definition) is 5. The highest BCUT2D eigenvalue weighted by Gasteiger charge is 2.42. The van der Waals surface area contributed by atoms with Crippen molar-refractivity contribution in [2.45, 2.75) is 96.8 Å².